The molecule has 0 bridgehead atoms. The summed E-state index contributed by atoms with van der Waals surface area (Å²) in [5, 5.41) is 3.06. The molecule has 0 aliphatic carbocycles. The number of carbonyl (C=O) groups is 1. The predicted octanol–water partition coefficient (Wildman–Crippen LogP) is 2.46. The summed E-state index contributed by atoms with van der Waals surface area (Å²) in [7, 11) is 4.42. The highest BCUT2D eigenvalue weighted by Crippen LogP contribution is 2.31. The first-order valence-electron chi connectivity index (χ1n) is 6.20. The number of hydrogen-bond donors (Lipinski definition) is 1. The molecule has 0 saturated carbocycles. The third-order valence-corrected chi connectivity index (χ3v) is 3.86. The van der Waals surface area contributed by atoms with Crippen LogP contribution in [0.15, 0.2) is 52.5 Å². The van der Waals surface area contributed by atoms with E-state index in [1.54, 1.807) is 7.05 Å². The average Bonchev–Trinajstić information content (AvgIpc) is 2.92. The van der Waals surface area contributed by atoms with Gasteiger partial charge in [-0.25, -0.2) is 4.79 Å². The van der Waals surface area contributed by atoms with Gasteiger partial charge in [-0.3, -0.25) is 4.99 Å². The largest absolute Gasteiger partial charge is 0.482 e. The molecule has 0 unspecified atom stereocenters. The number of methoxy groups -OCH3 is 2. The second-order valence-corrected chi connectivity index (χ2v) is 4.95. The van der Waals surface area contributed by atoms with Gasteiger partial charge in [0.05, 0.1) is 24.4 Å². The smallest absolute Gasteiger partial charge is 0.345 e. The quantitative estimate of drug-likeness (QED) is 0.850. The molecular formula is C15H15BrN2O3. The monoisotopic (exact) mass is 350 g/mol. The van der Waals surface area contributed by atoms with E-state index < -0.39 is 5.97 Å². The van der Waals surface area contributed by atoms with Crippen LogP contribution in [0.5, 0.6) is 0 Å². The van der Waals surface area contributed by atoms with E-state index in [4.69, 9.17) is 9.47 Å². The summed E-state index contributed by atoms with van der Waals surface area (Å²) in [5.41, 5.74) is 2.41. The molecule has 1 aliphatic heterocycles. The van der Waals surface area contributed by atoms with Gasteiger partial charge in [0.1, 0.15) is 11.3 Å². The van der Waals surface area contributed by atoms with Gasteiger partial charge in [0.2, 0.25) is 5.88 Å². The molecule has 0 atom stereocenters. The van der Waals surface area contributed by atoms with Crippen LogP contribution in [0.25, 0.3) is 4.48 Å². The summed E-state index contributed by atoms with van der Waals surface area (Å²) in [5.74, 6) is -0.173. The Hall–Kier alpha value is -2.08. The van der Waals surface area contributed by atoms with Gasteiger partial charge >= 0.3 is 5.97 Å². The van der Waals surface area contributed by atoms with Gasteiger partial charge in [-0.2, -0.15) is 0 Å². The van der Waals surface area contributed by atoms with Crippen molar-refractivity contribution in [1.82, 2.24) is 5.32 Å². The topological polar surface area (TPSA) is 59.9 Å². The molecule has 0 aromatic heterocycles. The normalized spacial score (nSPS) is 18.6. The molecule has 110 valence electrons. The van der Waals surface area contributed by atoms with Crippen LogP contribution in [-0.2, 0) is 14.3 Å². The summed E-state index contributed by atoms with van der Waals surface area (Å²) >= 11 is 3.55. The van der Waals surface area contributed by atoms with E-state index in [1.165, 1.54) is 14.2 Å². The van der Waals surface area contributed by atoms with E-state index in [2.05, 4.69) is 26.2 Å². The molecule has 1 N–H and O–H groups in total. The van der Waals surface area contributed by atoms with Crippen molar-refractivity contribution in [2.24, 2.45) is 4.99 Å². The molecule has 0 radical (unpaired) electrons. The van der Waals surface area contributed by atoms with Gasteiger partial charge in [0, 0.05) is 7.05 Å². The highest BCUT2D eigenvalue weighted by Gasteiger charge is 2.34. The van der Waals surface area contributed by atoms with Gasteiger partial charge in [0.25, 0.3) is 0 Å². The van der Waals surface area contributed by atoms with Crippen molar-refractivity contribution in [1.29, 1.82) is 0 Å². The molecule has 0 fully saturated rings. The third kappa shape index (κ3) is 2.85. The molecule has 1 aliphatic rings. The summed E-state index contributed by atoms with van der Waals surface area (Å²) in [6.45, 7) is 0. The molecule has 0 spiro atoms. The summed E-state index contributed by atoms with van der Waals surface area (Å²) < 4.78 is 10.8. The maximum atomic E-state index is 11.9. The van der Waals surface area contributed by atoms with E-state index >= 15 is 0 Å². The number of allylic oxidation sites excluding steroid dienone is 1. The van der Waals surface area contributed by atoms with Gasteiger partial charge in [0.15, 0.2) is 0 Å². The lowest BCUT2D eigenvalue weighted by atomic mass is 10.1. The molecule has 2 rings (SSSR count). The number of nitrogens with one attached hydrogen (secondary N) is 1. The van der Waals surface area contributed by atoms with Crippen LogP contribution in [-0.4, -0.2) is 32.9 Å². The van der Waals surface area contributed by atoms with Crippen LogP contribution in [0.4, 0.5) is 0 Å². The number of esters is 1. The Bertz CT molecular complexity index is 648. The SMILES string of the molecule is CN=C1C(C(=O)OC)=C(OC)N/C1=C(\Br)c1ccccc1. The number of ether oxygens (including phenoxy) is 2. The predicted molar refractivity (Wildman–Crippen MR) is 84.8 cm³/mol. The van der Waals surface area contributed by atoms with E-state index in [9.17, 15) is 4.79 Å². The van der Waals surface area contributed by atoms with Gasteiger partial charge in [-0.1, -0.05) is 30.3 Å². The molecule has 21 heavy (non-hydrogen) atoms. The lowest BCUT2D eigenvalue weighted by Crippen LogP contribution is -2.14. The van der Waals surface area contributed by atoms with Gasteiger partial charge < -0.3 is 14.8 Å². The maximum absolute atomic E-state index is 11.9. The zero-order valence-electron chi connectivity index (χ0n) is 11.9. The van der Waals surface area contributed by atoms with Crippen molar-refractivity contribution in [3.63, 3.8) is 0 Å². The fourth-order valence-corrected chi connectivity index (χ4v) is 2.57. The van der Waals surface area contributed by atoms with Crippen molar-refractivity contribution in [2.75, 3.05) is 21.3 Å². The standard InChI is InChI=1S/C15H15BrN2O3/c1-17-12-10(15(19)21-3)14(20-2)18-13(12)11(16)9-7-5-4-6-8-9/h4-8,18H,1-3H3/b13-11-,17-12?. The fraction of sp³-hybridized carbons (Fsp3) is 0.200. The van der Waals surface area contributed by atoms with Gasteiger partial charge in [-0.15, -0.1) is 0 Å². The maximum Gasteiger partial charge on any atom is 0.345 e. The second kappa shape index (κ2) is 6.58. The van der Waals surface area contributed by atoms with Crippen molar-refractivity contribution in [3.05, 3.63) is 53.0 Å². The average molecular weight is 351 g/mol. The Kier molecular flexibility index (Phi) is 4.80. The van der Waals surface area contributed by atoms with Crippen LogP contribution in [0.1, 0.15) is 5.56 Å². The Morgan fingerprint density at radius 3 is 2.43 bits per heavy atom. The van der Waals surface area contributed by atoms with Crippen molar-refractivity contribution in [3.8, 4) is 0 Å². The van der Waals surface area contributed by atoms with E-state index in [0.29, 0.717) is 17.3 Å². The highest BCUT2D eigenvalue weighted by molar-refractivity contribution is 9.15. The lowest BCUT2D eigenvalue weighted by Gasteiger charge is -2.08. The molecule has 1 aromatic rings. The molecule has 1 aromatic carbocycles. The Morgan fingerprint density at radius 2 is 1.90 bits per heavy atom. The molecule has 1 heterocycles. The summed E-state index contributed by atoms with van der Waals surface area (Å²) in [6.07, 6.45) is 0. The third-order valence-electron chi connectivity index (χ3n) is 3.00. The van der Waals surface area contributed by atoms with Crippen molar-refractivity contribution >= 4 is 32.1 Å². The van der Waals surface area contributed by atoms with E-state index in [0.717, 1.165) is 10.0 Å². The number of carbonyl (C=O) groups excluding carboxylic acids is 1. The van der Waals surface area contributed by atoms with E-state index in [1.807, 2.05) is 30.3 Å². The van der Waals surface area contributed by atoms with Gasteiger partial charge in [-0.05, 0) is 21.5 Å². The number of benzene rings is 1. The first-order valence-corrected chi connectivity index (χ1v) is 6.99. The van der Waals surface area contributed by atoms with Crippen LogP contribution in [0.2, 0.25) is 0 Å². The Balaban J connectivity index is 2.53. The summed E-state index contributed by atoms with van der Waals surface area (Å²) in [4.78, 5) is 16.1. The highest BCUT2D eigenvalue weighted by atomic mass is 79.9. The number of halogens is 1. The summed E-state index contributed by atoms with van der Waals surface area (Å²) in [6, 6.07) is 9.70. The first kappa shape index (κ1) is 15.3. The fourth-order valence-electron chi connectivity index (χ4n) is 2.02. The van der Waals surface area contributed by atoms with Crippen LogP contribution in [0.3, 0.4) is 0 Å². The molecule has 0 amide bonds. The minimum Gasteiger partial charge on any atom is -0.482 e. The second-order valence-electron chi connectivity index (χ2n) is 4.15. The van der Waals surface area contributed by atoms with Crippen LogP contribution in [0, 0.1) is 0 Å². The van der Waals surface area contributed by atoms with E-state index in [-0.39, 0.29) is 5.57 Å². The Labute approximate surface area is 131 Å². The zero-order valence-corrected chi connectivity index (χ0v) is 13.5. The zero-order chi connectivity index (χ0) is 15.4. The first-order chi connectivity index (χ1) is 10.1. The molecule has 6 heteroatoms. The molecule has 5 nitrogen and oxygen atoms in total. The van der Waals surface area contributed by atoms with Crippen molar-refractivity contribution < 1.29 is 14.3 Å². The molecule has 0 saturated heterocycles. The molecular weight excluding hydrogens is 336 g/mol. The van der Waals surface area contributed by atoms with Crippen LogP contribution >= 0.6 is 15.9 Å². The number of hydrogen-bond acceptors (Lipinski definition) is 5. The van der Waals surface area contributed by atoms with Crippen molar-refractivity contribution in [2.45, 2.75) is 0 Å². The van der Waals surface area contributed by atoms with Crippen LogP contribution < -0.4 is 5.32 Å². The number of aliphatic imine (C=N–C) groups is 1. The number of nitrogens with zero attached hydrogens (tertiary/aromatic N) is 1. The lowest BCUT2D eigenvalue weighted by molar-refractivity contribution is -0.135. The minimum absolute atomic E-state index is 0.283. The minimum atomic E-state index is -0.497. The Morgan fingerprint density at radius 1 is 1.24 bits per heavy atom. The number of rotatable bonds is 3.